The number of halogens is 1. The van der Waals surface area contributed by atoms with Crippen molar-refractivity contribution in [1.29, 1.82) is 0 Å². The summed E-state index contributed by atoms with van der Waals surface area (Å²) in [6.07, 6.45) is 1.48. The third kappa shape index (κ3) is 1.80. The lowest BCUT2D eigenvalue weighted by Crippen LogP contribution is -2.28. The molecule has 2 rings (SSSR count). The number of rotatable bonds is 1. The van der Waals surface area contributed by atoms with E-state index in [2.05, 4.69) is 10.5 Å². The number of hydrogen-bond acceptors (Lipinski definition) is 3. The summed E-state index contributed by atoms with van der Waals surface area (Å²) in [5, 5.41) is 4.47. The molecule has 0 fully saturated rings. The fraction of sp³-hybridized carbons (Fsp3) is 0.200. The summed E-state index contributed by atoms with van der Waals surface area (Å²) >= 11 is 5.85. The molecule has 0 saturated carbocycles. The average molecular weight is 224 g/mol. The highest BCUT2D eigenvalue weighted by Crippen LogP contribution is 2.23. The van der Waals surface area contributed by atoms with Gasteiger partial charge in [-0.1, -0.05) is 11.6 Å². The van der Waals surface area contributed by atoms with Crippen LogP contribution >= 0.6 is 11.6 Å². The lowest BCUT2D eigenvalue weighted by Gasteiger charge is -2.13. The van der Waals surface area contributed by atoms with Gasteiger partial charge >= 0.3 is 0 Å². The molecule has 1 N–H and O–H groups in total. The lowest BCUT2D eigenvalue weighted by molar-refractivity contribution is 0.0859. The molecule has 0 aromatic heterocycles. The Morgan fingerprint density at radius 1 is 1.53 bits per heavy atom. The number of nitrogens with one attached hydrogen (secondary N) is 1. The fourth-order valence-corrected chi connectivity index (χ4v) is 1.56. The van der Waals surface area contributed by atoms with Crippen molar-refractivity contribution < 1.29 is 4.79 Å². The molecule has 0 aliphatic carbocycles. The van der Waals surface area contributed by atoms with Crippen LogP contribution in [0.3, 0.4) is 0 Å². The number of anilines is 1. The van der Waals surface area contributed by atoms with E-state index in [-0.39, 0.29) is 5.91 Å². The number of amides is 1. The maximum Gasteiger partial charge on any atom is 0.261 e. The Balaban J connectivity index is 2.49. The molecule has 4 nitrogen and oxygen atoms in total. The van der Waals surface area contributed by atoms with Crippen LogP contribution in [0, 0.1) is 0 Å². The monoisotopic (exact) mass is 223 g/mol. The van der Waals surface area contributed by atoms with Crippen LogP contribution in [0.1, 0.15) is 17.3 Å². The van der Waals surface area contributed by atoms with Crippen LogP contribution in [0.15, 0.2) is 23.3 Å². The number of carbonyl (C=O) groups excluding carboxylic acids is 1. The smallest absolute Gasteiger partial charge is 0.261 e. The normalized spacial score (nSPS) is 14.5. The quantitative estimate of drug-likeness (QED) is 0.793. The molecule has 15 heavy (non-hydrogen) atoms. The number of nitrogens with zero attached hydrogens (tertiary/aromatic N) is 2. The van der Waals surface area contributed by atoms with Crippen molar-refractivity contribution >= 4 is 29.5 Å². The van der Waals surface area contributed by atoms with Gasteiger partial charge in [-0.25, -0.2) is 0 Å². The van der Waals surface area contributed by atoms with Crippen molar-refractivity contribution in [3.05, 3.63) is 28.8 Å². The van der Waals surface area contributed by atoms with Gasteiger partial charge in [0.15, 0.2) is 0 Å². The summed E-state index contributed by atoms with van der Waals surface area (Å²) in [7, 11) is 0. The van der Waals surface area contributed by atoms with E-state index in [1.165, 1.54) is 11.2 Å². The second kappa shape index (κ2) is 3.90. The summed E-state index contributed by atoms with van der Waals surface area (Å²) in [4.78, 5) is 13.5. The molecule has 0 radical (unpaired) electrons. The van der Waals surface area contributed by atoms with Crippen LogP contribution in [-0.2, 0) is 0 Å². The Hall–Kier alpha value is -1.55. The third-order valence-corrected chi connectivity index (χ3v) is 2.43. The Morgan fingerprint density at radius 3 is 3.07 bits per heavy atom. The molecule has 1 amide bonds. The molecule has 78 valence electrons. The van der Waals surface area contributed by atoms with E-state index >= 15 is 0 Å². The second-order valence-electron chi connectivity index (χ2n) is 3.14. The third-order valence-electron chi connectivity index (χ3n) is 2.20. The van der Waals surface area contributed by atoms with Gasteiger partial charge in [0, 0.05) is 11.6 Å². The predicted octanol–water partition coefficient (Wildman–Crippen LogP) is 2.17. The lowest BCUT2D eigenvalue weighted by atomic mass is 10.1. The molecule has 0 saturated heterocycles. The highest BCUT2D eigenvalue weighted by molar-refractivity contribution is 6.31. The molecule has 0 unspecified atom stereocenters. The van der Waals surface area contributed by atoms with Crippen molar-refractivity contribution in [1.82, 2.24) is 4.90 Å². The average Bonchev–Trinajstić information content (AvgIpc) is 2.39. The number of carbonyl (C=O) groups is 1. The molecule has 1 aliphatic rings. The molecule has 0 bridgehead atoms. The molecular formula is C10H10ClN3O. The van der Waals surface area contributed by atoms with E-state index in [4.69, 9.17) is 11.6 Å². The molecule has 1 heterocycles. The molecule has 5 heteroatoms. The van der Waals surface area contributed by atoms with Crippen LogP contribution in [0.4, 0.5) is 5.69 Å². The highest BCUT2D eigenvalue weighted by Gasteiger charge is 2.19. The van der Waals surface area contributed by atoms with Gasteiger partial charge in [0.25, 0.3) is 5.91 Å². The van der Waals surface area contributed by atoms with E-state index in [0.717, 1.165) is 0 Å². The van der Waals surface area contributed by atoms with Gasteiger partial charge in [0.05, 0.1) is 11.3 Å². The maximum atomic E-state index is 12.0. The summed E-state index contributed by atoms with van der Waals surface area (Å²) in [6, 6.07) is 5.10. The molecular weight excluding hydrogens is 214 g/mol. The first-order valence-electron chi connectivity index (χ1n) is 4.62. The van der Waals surface area contributed by atoms with Gasteiger partial charge < -0.3 is 0 Å². The first kappa shape index (κ1) is 9.98. The summed E-state index contributed by atoms with van der Waals surface area (Å²) in [5.74, 6) is -0.0937. The van der Waals surface area contributed by atoms with E-state index in [1.807, 2.05) is 6.92 Å². The van der Waals surface area contributed by atoms with E-state index in [1.54, 1.807) is 18.2 Å². The van der Waals surface area contributed by atoms with Crippen molar-refractivity contribution in [3.8, 4) is 0 Å². The Kier molecular flexibility index (Phi) is 2.60. The molecule has 1 aromatic carbocycles. The summed E-state index contributed by atoms with van der Waals surface area (Å²) < 4.78 is 0. The topological polar surface area (TPSA) is 44.7 Å². The zero-order valence-electron chi connectivity index (χ0n) is 8.20. The van der Waals surface area contributed by atoms with E-state index in [0.29, 0.717) is 22.8 Å². The number of fused-ring (bicyclic) bond motifs is 1. The predicted molar refractivity (Wildman–Crippen MR) is 60.3 cm³/mol. The van der Waals surface area contributed by atoms with E-state index in [9.17, 15) is 4.79 Å². The Bertz CT molecular complexity index is 431. The zero-order valence-corrected chi connectivity index (χ0v) is 8.95. The van der Waals surface area contributed by atoms with Gasteiger partial charge in [0.2, 0.25) is 0 Å². The van der Waals surface area contributed by atoms with Gasteiger partial charge in [0.1, 0.15) is 6.34 Å². The van der Waals surface area contributed by atoms with Crippen LogP contribution in [0.2, 0.25) is 5.02 Å². The highest BCUT2D eigenvalue weighted by atomic mass is 35.5. The van der Waals surface area contributed by atoms with Gasteiger partial charge in [-0.15, -0.1) is 0 Å². The minimum Gasteiger partial charge on any atom is -0.298 e. The van der Waals surface area contributed by atoms with Crippen molar-refractivity contribution in [2.75, 3.05) is 12.0 Å². The molecule has 1 aliphatic heterocycles. The molecule has 1 aromatic rings. The van der Waals surface area contributed by atoms with Crippen LogP contribution in [0.25, 0.3) is 0 Å². The summed E-state index contributed by atoms with van der Waals surface area (Å²) in [5.41, 5.74) is 4.02. The first-order valence-corrected chi connectivity index (χ1v) is 5.00. The van der Waals surface area contributed by atoms with Crippen molar-refractivity contribution in [2.45, 2.75) is 6.92 Å². The minimum absolute atomic E-state index is 0.0937. The standard InChI is InChI=1S/C10H10ClN3O/c1-2-14-6-12-13-9-4-3-7(11)5-8(9)10(14)15/h3-6,13H,2H2,1H3. The fourth-order valence-electron chi connectivity index (χ4n) is 1.39. The molecule has 0 atom stereocenters. The van der Waals surface area contributed by atoms with Gasteiger partial charge in [-0.05, 0) is 25.1 Å². The zero-order chi connectivity index (χ0) is 10.8. The van der Waals surface area contributed by atoms with Gasteiger partial charge in [-0.2, -0.15) is 5.10 Å². The summed E-state index contributed by atoms with van der Waals surface area (Å²) in [6.45, 7) is 2.47. The van der Waals surface area contributed by atoms with Crippen LogP contribution in [-0.4, -0.2) is 23.7 Å². The van der Waals surface area contributed by atoms with Crippen molar-refractivity contribution in [3.63, 3.8) is 0 Å². The minimum atomic E-state index is -0.0937. The maximum absolute atomic E-state index is 12.0. The Labute approximate surface area is 92.5 Å². The van der Waals surface area contributed by atoms with Crippen molar-refractivity contribution in [2.24, 2.45) is 5.10 Å². The number of hydrazone groups is 1. The van der Waals surface area contributed by atoms with E-state index < -0.39 is 0 Å². The number of hydrogen-bond donors (Lipinski definition) is 1. The van der Waals surface area contributed by atoms with Crippen LogP contribution in [0.5, 0.6) is 0 Å². The SMILES string of the molecule is CCN1C=NNc2ccc(Cl)cc2C1=O. The first-order chi connectivity index (χ1) is 7.22. The number of benzene rings is 1. The second-order valence-corrected chi connectivity index (χ2v) is 3.57. The Morgan fingerprint density at radius 2 is 2.33 bits per heavy atom. The van der Waals surface area contributed by atoms with Crippen LogP contribution < -0.4 is 5.43 Å². The molecule has 0 spiro atoms. The largest absolute Gasteiger partial charge is 0.298 e. The van der Waals surface area contributed by atoms with Gasteiger partial charge in [-0.3, -0.25) is 15.1 Å².